The lowest BCUT2D eigenvalue weighted by Crippen LogP contribution is -2.50. The van der Waals surface area contributed by atoms with Gasteiger partial charge in [-0.3, -0.25) is 9.80 Å². The van der Waals surface area contributed by atoms with Crippen LogP contribution in [0, 0.1) is 0 Å². The molecular weight excluding hydrogens is 813 g/mol. The summed E-state index contributed by atoms with van der Waals surface area (Å²) in [5, 5.41) is 0. The fourth-order valence-corrected chi connectivity index (χ4v) is 10.1. The normalized spacial score (nSPS) is 14.2. The van der Waals surface area contributed by atoms with Crippen molar-refractivity contribution in [3.05, 3.63) is 36.5 Å². The third kappa shape index (κ3) is 48.5. The summed E-state index contributed by atoms with van der Waals surface area (Å²) in [7, 11) is 2.36. The Kier molecular flexibility index (Phi) is 52.0. The van der Waals surface area contributed by atoms with Gasteiger partial charge in [0.1, 0.15) is 0 Å². The summed E-state index contributed by atoms with van der Waals surface area (Å²) in [5.74, 6) is 0. The lowest BCUT2D eigenvalue weighted by molar-refractivity contribution is 0.110. The summed E-state index contributed by atoms with van der Waals surface area (Å²) >= 11 is 0. The Morgan fingerprint density at radius 1 is 0.269 bits per heavy atom. The maximum atomic E-state index is 2.86. The number of nitrogens with zero attached hydrogens (tertiary/aromatic N) is 4. The Hall–Kier alpha value is -0.940. The second-order valence-electron chi connectivity index (χ2n) is 21.6. The molecule has 0 aromatic carbocycles. The summed E-state index contributed by atoms with van der Waals surface area (Å²) in [4.78, 5) is 11.0. The molecule has 0 unspecified atom stereocenters. The Balaban J connectivity index is 2.21. The van der Waals surface area contributed by atoms with Crippen molar-refractivity contribution in [1.82, 2.24) is 19.6 Å². The van der Waals surface area contributed by atoms with E-state index in [1.165, 1.54) is 342 Å². The second-order valence-corrected chi connectivity index (χ2v) is 21.6. The highest BCUT2D eigenvalue weighted by Crippen LogP contribution is 2.15. The topological polar surface area (TPSA) is 13.0 Å². The monoisotopic (exact) mass is 937 g/mol. The van der Waals surface area contributed by atoms with Crippen LogP contribution in [-0.4, -0.2) is 98.6 Å². The summed E-state index contributed by atoms with van der Waals surface area (Å²) in [5.41, 5.74) is 0. The fraction of sp³-hybridized carbons (Fsp3) is 0.905. The van der Waals surface area contributed by atoms with Crippen LogP contribution in [0.1, 0.15) is 290 Å². The van der Waals surface area contributed by atoms with Gasteiger partial charge in [0.2, 0.25) is 0 Å². The van der Waals surface area contributed by atoms with Crippen molar-refractivity contribution in [2.24, 2.45) is 0 Å². The molecule has 1 heterocycles. The molecule has 1 fully saturated rings. The van der Waals surface area contributed by atoms with Gasteiger partial charge in [0.25, 0.3) is 0 Å². The minimum absolute atomic E-state index is 1.23. The SMILES string of the molecule is CCCCCCCC/C=C/CCCCCCCCN(C)CCN1CCN(CCN(CCCCCCCC/C=C/CCCCCCCC)CCCCCCCC/C=C/CCCCCCCC)CC1. The molecule has 0 aliphatic carbocycles. The van der Waals surface area contributed by atoms with Crippen LogP contribution in [0.2, 0.25) is 0 Å². The van der Waals surface area contributed by atoms with Gasteiger partial charge in [-0.05, 0) is 123 Å². The van der Waals surface area contributed by atoms with Crippen LogP contribution >= 0.6 is 0 Å². The number of unbranched alkanes of at least 4 members (excludes halogenated alkanes) is 36. The van der Waals surface area contributed by atoms with Crippen LogP contribution in [0.25, 0.3) is 0 Å². The van der Waals surface area contributed by atoms with E-state index in [2.05, 4.69) is 83.9 Å². The van der Waals surface area contributed by atoms with Crippen molar-refractivity contribution in [3.63, 3.8) is 0 Å². The van der Waals surface area contributed by atoms with E-state index in [1.54, 1.807) is 0 Å². The maximum Gasteiger partial charge on any atom is 0.0110 e. The lowest BCUT2D eigenvalue weighted by atomic mass is 10.1. The molecule has 396 valence electrons. The van der Waals surface area contributed by atoms with E-state index in [0.29, 0.717) is 0 Å². The predicted octanol–water partition coefficient (Wildman–Crippen LogP) is 19.0. The zero-order chi connectivity index (χ0) is 48.0. The summed E-state index contributed by atoms with van der Waals surface area (Å²) in [6.07, 6.45) is 73.3. The highest BCUT2D eigenvalue weighted by Gasteiger charge is 2.18. The van der Waals surface area contributed by atoms with E-state index >= 15 is 0 Å². The molecule has 0 spiro atoms. The first-order chi connectivity index (χ1) is 33.2. The molecule has 1 aliphatic heterocycles. The summed E-state index contributed by atoms with van der Waals surface area (Å²) in [6, 6.07) is 0. The molecule has 4 nitrogen and oxygen atoms in total. The first-order valence-corrected chi connectivity index (χ1v) is 31.0. The van der Waals surface area contributed by atoms with Crippen LogP contribution in [0.5, 0.6) is 0 Å². The smallest absolute Gasteiger partial charge is 0.0110 e. The molecule has 67 heavy (non-hydrogen) atoms. The van der Waals surface area contributed by atoms with Crippen molar-refractivity contribution in [3.8, 4) is 0 Å². The highest BCUT2D eigenvalue weighted by atomic mass is 15.3. The van der Waals surface area contributed by atoms with Gasteiger partial charge in [0.05, 0.1) is 0 Å². The summed E-state index contributed by atoms with van der Waals surface area (Å²) < 4.78 is 0. The average Bonchev–Trinajstić information content (AvgIpc) is 3.34. The Labute approximate surface area is 423 Å². The van der Waals surface area contributed by atoms with Crippen molar-refractivity contribution < 1.29 is 0 Å². The molecule has 1 rings (SSSR count). The third-order valence-corrected chi connectivity index (χ3v) is 15.0. The summed E-state index contributed by atoms with van der Waals surface area (Å²) in [6.45, 7) is 20.9. The van der Waals surface area contributed by atoms with Crippen LogP contribution in [0.4, 0.5) is 0 Å². The number of rotatable bonds is 54. The Morgan fingerprint density at radius 3 is 0.806 bits per heavy atom. The molecule has 0 atom stereocenters. The van der Waals surface area contributed by atoms with Gasteiger partial charge < -0.3 is 9.80 Å². The molecule has 0 N–H and O–H groups in total. The molecule has 0 radical (unpaired) electrons. The molecule has 1 aliphatic rings. The molecular formula is C63H124N4. The third-order valence-electron chi connectivity index (χ3n) is 15.0. The van der Waals surface area contributed by atoms with Gasteiger partial charge in [-0.25, -0.2) is 0 Å². The number of hydrogen-bond donors (Lipinski definition) is 0. The van der Waals surface area contributed by atoms with Gasteiger partial charge in [-0.1, -0.05) is 231 Å². The molecule has 0 amide bonds. The van der Waals surface area contributed by atoms with E-state index in [9.17, 15) is 0 Å². The van der Waals surface area contributed by atoms with Crippen molar-refractivity contribution in [2.45, 2.75) is 290 Å². The van der Waals surface area contributed by atoms with Crippen LogP contribution in [-0.2, 0) is 0 Å². The van der Waals surface area contributed by atoms with Gasteiger partial charge in [-0.15, -0.1) is 0 Å². The molecule has 4 heteroatoms. The van der Waals surface area contributed by atoms with Gasteiger partial charge >= 0.3 is 0 Å². The number of hydrogen-bond acceptors (Lipinski definition) is 4. The largest absolute Gasteiger partial charge is 0.305 e. The maximum absolute atomic E-state index is 2.86. The minimum Gasteiger partial charge on any atom is -0.305 e. The predicted molar refractivity (Wildman–Crippen MR) is 305 cm³/mol. The first kappa shape index (κ1) is 64.1. The Morgan fingerprint density at radius 2 is 0.507 bits per heavy atom. The average molecular weight is 938 g/mol. The van der Waals surface area contributed by atoms with E-state index in [0.717, 1.165) is 0 Å². The molecule has 0 aromatic heterocycles. The van der Waals surface area contributed by atoms with Crippen molar-refractivity contribution in [1.29, 1.82) is 0 Å². The zero-order valence-electron chi connectivity index (χ0n) is 46.7. The van der Waals surface area contributed by atoms with Crippen LogP contribution < -0.4 is 0 Å². The van der Waals surface area contributed by atoms with Gasteiger partial charge in [0, 0.05) is 52.4 Å². The van der Waals surface area contributed by atoms with E-state index in [4.69, 9.17) is 0 Å². The zero-order valence-corrected chi connectivity index (χ0v) is 46.7. The Bertz CT molecular complexity index is 971. The number of allylic oxidation sites excluding steroid dienone is 6. The van der Waals surface area contributed by atoms with Gasteiger partial charge in [0.15, 0.2) is 0 Å². The fourth-order valence-electron chi connectivity index (χ4n) is 10.1. The van der Waals surface area contributed by atoms with E-state index < -0.39 is 0 Å². The standard InChI is InChI=1S/C63H124N4/c1-5-8-11-14-17-20-23-26-29-32-35-38-41-44-47-50-53-64(4)56-57-66-60-62-67(63-61-66)59-58-65(54-51-48-45-42-39-36-33-30-27-24-21-18-15-12-9-6-2)55-52-49-46-43-40-37-34-31-28-25-22-19-16-13-10-7-3/h26-31H,5-25,32-63H2,1-4H3/b29-26+,30-27+,31-28+. The van der Waals surface area contributed by atoms with Crippen LogP contribution in [0.3, 0.4) is 0 Å². The van der Waals surface area contributed by atoms with E-state index in [1.807, 2.05) is 0 Å². The molecule has 0 aromatic rings. The first-order valence-electron chi connectivity index (χ1n) is 31.0. The number of piperazine rings is 1. The molecule has 0 bridgehead atoms. The van der Waals surface area contributed by atoms with Gasteiger partial charge in [-0.2, -0.15) is 0 Å². The minimum atomic E-state index is 1.23. The molecule has 0 saturated carbocycles. The van der Waals surface area contributed by atoms with Crippen molar-refractivity contribution in [2.75, 3.05) is 79.0 Å². The number of likely N-dealkylation sites (N-methyl/N-ethyl adjacent to an activating group) is 1. The quantitative estimate of drug-likeness (QED) is 0.0445. The lowest BCUT2D eigenvalue weighted by Gasteiger charge is -2.36. The molecule has 1 saturated heterocycles. The van der Waals surface area contributed by atoms with Crippen molar-refractivity contribution >= 4 is 0 Å². The van der Waals surface area contributed by atoms with Crippen LogP contribution in [0.15, 0.2) is 36.5 Å². The van der Waals surface area contributed by atoms with E-state index in [-0.39, 0.29) is 0 Å². The highest BCUT2D eigenvalue weighted by molar-refractivity contribution is 4.83. The second kappa shape index (κ2) is 54.4.